The molecule has 1 aliphatic heterocycles. The summed E-state index contributed by atoms with van der Waals surface area (Å²) in [6, 6.07) is 12.4. The van der Waals surface area contributed by atoms with Crippen LogP contribution in [-0.4, -0.2) is 36.2 Å². The van der Waals surface area contributed by atoms with Crippen molar-refractivity contribution in [2.75, 3.05) is 24.2 Å². The van der Waals surface area contributed by atoms with E-state index < -0.39 is 0 Å². The van der Waals surface area contributed by atoms with Crippen LogP contribution in [0, 0.1) is 0 Å². The third-order valence-corrected chi connectivity index (χ3v) is 5.45. The van der Waals surface area contributed by atoms with E-state index in [1.165, 1.54) is 5.56 Å². The van der Waals surface area contributed by atoms with Gasteiger partial charge in [-0.3, -0.25) is 0 Å². The van der Waals surface area contributed by atoms with Crippen molar-refractivity contribution in [1.29, 1.82) is 0 Å². The van der Waals surface area contributed by atoms with Gasteiger partial charge in [0, 0.05) is 19.4 Å². The lowest BCUT2D eigenvalue weighted by molar-refractivity contribution is -0.117. The fourth-order valence-corrected chi connectivity index (χ4v) is 3.72. The average Bonchev–Trinajstić information content (AvgIpc) is 3.10. The highest BCUT2D eigenvalue weighted by atomic mass is 32.2. The second-order valence-electron chi connectivity index (χ2n) is 6.91. The maximum atomic E-state index is 11.3. The summed E-state index contributed by atoms with van der Waals surface area (Å²) < 4.78 is 6.15. The Morgan fingerprint density at radius 1 is 1.31 bits per heavy atom. The van der Waals surface area contributed by atoms with Gasteiger partial charge in [0.2, 0.25) is 0 Å². The van der Waals surface area contributed by atoms with Crippen LogP contribution in [0.5, 0.6) is 5.75 Å². The van der Waals surface area contributed by atoms with Crippen LogP contribution in [0.1, 0.15) is 38.2 Å². The largest absolute Gasteiger partial charge is 0.489 e. The first-order valence-corrected chi connectivity index (χ1v) is 10.3. The van der Waals surface area contributed by atoms with E-state index in [2.05, 4.69) is 41.1 Å². The molecule has 26 heavy (non-hydrogen) atoms. The molecule has 1 saturated heterocycles. The van der Waals surface area contributed by atoms with Crippen LogP contribution < -0.4 is 9.64 Å². The average molecular weight is 371 g/mol. The lowest BCUT2D eigenvalue weighted by Crippen LogP contribution is -2.24. The maximum Gasteiger partial charge on any atom is 0.130 e. The second kappa shape index (κ2) is 8.58. The molecular formula is C21H26N2O2S. The SMILES string of the molecule is CSc1ccc(N2CCC(Oc3ccc([C@H](C)CC(C)=O)cc3)C2)cn1. The van der Waals surface area contributed by atoms with Crippen molar-refractivity contribution in [3.63, 3.8) is 0 Å². The Balaban J connectivity index is 1.55. The minimum Gasteiger partial charge on any atom is -0.489 e. The molecule has 2 aromatic rings. The summed E-state index contributed by atoms with van der Waals surface area (Å²) >= 11 is 1.66. The first kappa shape index (κ1) is 18.8. The minimum atomic E-state index is 0.190. The van der Waals surface area contributed by atoms with E-state index in [4.69, 9.17) is 4.74 Å². The molecule has 0 radical (unpaired) electrons. The van der Waals surface area contributed by atoms with Crippen molar-refractivity contribution in [2.45, 2.75) is 43.7 Å². The van der Waals surface area contributed by atoms with Gasteiger partial charge in [0.05, 0.1) is 23.5 Å². The molecule has 0 saturated carbocycles. The number of benzene rings is 1. The van der Waals surface area contributed by atoms with E-state index in [1.807, 2.05) is 24.6 Å². The van der Waals surface area contributed by atoms with E-state index >= 15 is 0 Å². The van der Waals surface area contributed by atoms with Crippen LogP contribution in [0.2, 0.25) is 0 Å². The van der Waals surface area contributed by atoms with E-state index in [0.29, 0.717) is 6.42 Å². The van der Waals surface area contributed by atoms with Crippen LogP contribution in [-0.2, 0) is 4.79 Å². The summed E-state index contributed by atoms with van der Waals surface area (Å²) in [7, 11) is 0. The van der Waals surface area contributed by atoms with Gasteiger partial charge in [0.25, 0.3) is 0 Å². The Morgan fingerprint density at radius 2 is 2.08 bits per heavy atom. The van der Waals surface area contributed by atoms with Crippen LogP contribution in [0.15, 0.2) is 47.6 Å². The third kappa shape index (κ3) is 4.79. The molecule has 0 aliphatic carbocycles. The number of aromatic nitrogens is 1. The van der Waals surface area contributed by atoms with Crippen molar-refractivity contribution < 1.29 is 9.53 Å². The number of thioether (sulfide) groups is 1. The number of nitrogens with zero attached hydrogens (tertiary/aromatic N) is 2. The van der Waals surface area contributed by atoms with E-state index in [1.54, 1.807) is 18.7 Å². The molecule has 0 amide bonds. The number of carbonyl (C=O) groups is 1. The summed E-state index contributed by atoms with van der Waals surface area (Å²) in [5.74, 6) is 1.37. The zero-order valence-corrected chi connectivity index (χ0v) is 16.5. The number of pyridine rings is 1. The predicted octanol–water partition coefficient (Wildman–Crippen LogP) is 4.54. The Hall–Kier alpha value is -2.01. The topological polar surface area (TPSA) is 42.4 Å². The second-order valence-corrected chi connectivity index (χ2v) is 7.74. The summed E-state index contributed by atoms with van der Waals surface area (Å²) in [4.78, 5) is 18.1. The van der Waals surface area contributed by atoms with Gasteiger partial charge in [0.15, 0.2) is 0 Å². The summed E-state index contributed by atoms with van der Waals surface area (Å²) in [6.45, 7) is 5.59. The molecule has 0 bridgehead atoms. The number of anilines is 1. The van der Waals surface area contributed by atoms with E-state index in [9.17, 15) is 4.79 Å². The quantitative estimate of drug-likeness (QED) is 0.669. The molecule has 4 nitrogen and oxygen atoms in total. The fraction of sp³-hybridized carbons (Fsp3) is 0.429. The zero-order chi connectivity index (χ0) is 18.5. The number of Topliss-reactive ketones (excluding diaryl/α,β-unsaturated/α-hetero) is 1. The number of hydrogen-bond donors (Lipinski definition) is 0. The Bertz CT molecular complexity index is 731. The highest BCUT2D eigenvalue weighted by molar-refractivity contribution is 7.98. The normalized spacial score (nSPS) is 18.0. The standard InChI is InChI=1S/C21H26N2O2S/c1-15(12-16(2)24)17-4-7-19(8-5-17)25-20-10-11-23(14-20)18-6-9-21(26-3)22-13-18/h4-9,13,15,20H,10-12,14H2,1-3H3/t15-,20?/m1/s1. The molecule has 0 N–H and O–H groups in total. The summed E-state index contributed by atoms with van der Waals surface area (Å²) in [5, 5.41) is 1.04. The Morgan fingerprint density at radius 3 is 2.69 bits per heavy atom. The lowest BCUT2D eigenvalue weighted by Gasteiger charge is -2.19. The summed E-state index contributed by atoms with van der Waals surface area (Å²) in [5.41, 5.74) is 2.34. The molecule has 1 aromatic heterocycles. The molecule has 1 fully saturated rings. The van der Waals surface area contributed by atoms with Gasteiger partial charge in [-0.2, -0.15) is 0 Å². The van der Waals surface area contributed by atoms with Crippen molar-refractivity contribution in [3.8, 4) is 5.75 Å². The molecule has 1 aromatic carbocycles. The predicted molar refractivity (Wildman–Crippen MR) is 107 cm³/mol. The third-order valence-electron chi connectivity index (χ3n) is 4.79. The first-order valence-electron chi connectivity index (χ1n) is 9.06. The van der Waals surface area contributed by atoms with Gasteiger partial charge in [0.1, 0.15) is 17.6 Å². The minimum absolute atomic E-state index is 0.190. The molecule has 138 valence electrons. The van der Waals surface area contributed by atoms with Crippen molar-refractivity contribution in [1.82, 2.24) is 4.98 Å². The molecule has 2 heterocycles. The van der Waals surface area contributed by atoms with Crippen molar-refractivity contribution >= 4 is 23.2 Å². The molecule has 1 aliphatic rings. The zero-order valence-electron chi connectivity index (χ0n) is 15.6. The first-order chi connectivity index (χ1) is 12.5. The molecule has 5 heteroatoms. The maximum absolute atomic E-state index is 11.3. The Labute approximate surface area is 160 Å². The van der Waals surface area contributed by atoms with Crippen LogP contribution in [0.25, 0.3) is 0 Å². The fourth-order valence-electron chi connectivity index (χ4n) is 3.36. The number of hydrogen-bond acceptors (Lipinski definition) is 5. The van der Waals surface area contributed by atoms with Crippen LogP contribution >= 0.6 is 11.8 Å². The molecule has 1 unspecified atom stereocenters. The molecule has 2 atom stereocenters. The smallest absolute Gasteiger partial charge is 0.130 e. The van der Waals surface area contributed by atoms with E-state index in [0.717, 1.165) is 36.0 Å². The van der Waals surface area contributed by atoms with Gasteiger partial charge >= 0.3 is 0 Å². The lowest BCUT2D eigenvalue weighted by atomic mass is 9.96. The van der Waals surface area contributed by atoms with Gasteiger partial charge in [-0.1, -0.05) is 19.1 Å². The number of carbonyl (C=O) groups excluding carboxylic acids is 1. The van der Waals surface area contributed by atoms with Gasteiger partial charge in [-0.05, 0) is 48.9 Å². The van der Waals surface area contributed by atoms with E-state index in [-0.39, 0.29) is 17.8 Å². The number of ketones is 1. The molecule has 0 spiro atoms. The Kier molecular flexibility index (Phi) is 6.20. The van der Waals surface area contributed by atoms with Crippen LogP contribution in [0.4, 0.5) is 5.69 Å². The van der Waals surface area contributed by atoms with Gasteiger partial charge in [-0.25, -0.2) is 4.98 Å². The molecular weight excluding hydrogens is 344 g/mol. The highest BCUT2D eigenvalue weighted by Crippen LogP contribution is 2.26. The number of ether oxygens (including phenoxy) is 1. The van der Waals surface area contributed by atoms with Crippen molar-refractivity contribution in [3.05, 3.63) is 48.2 Å². The van der Waals surface area contributed by atoms with Crippen molar-refractivity contribution in [2.24, 2.45) is 0 Å². The van der Waals surface area contributed by atoms with Gasteiger partial charge < -0.3 is 14.4 Å². The summed E-state index contributed by atoms with van der Waals surface area (Å²) in [6.07, 6.45) is 5.76. The van der Waals surface area contributed by atoms with Crippen LogP contribution in [0.3, 0.4) is 0 Å². The highest BCUT2D eigenvalue weighted by Gasteiger charge is 2.24. The number of rotatable bonds is 7. The monoisotopic (exact) mass is 370 g/mol. The van der Waals surface area contributed by atoms with Gasteiger partial charge in [-0.15, -0.1) is 11.8 Å². The molecule has 3 rings (SSSR count).